The molecule has 2 aliphatic rings. The van der Waals surface area contributed by atoms with E-state index >= 15 is 0 Å². The van der Waals surface area contributed by atoms with Gasteiger partial charge in [0.1, 0.15) is 11.3 Å². The summed E-state index contributed by atoms with van der Waals surface area (Å²) in [5.74, 6) is -0.181. The van der Waals surface area contributed by atoms with Crippen molar-refractivity contribution in [3.05, 3.63) is 99.4 Å². The molecule has 1 aliphatic carbocycles. The molecule has 0 spiro atoms. The van der Waals surface area contributed by atoms with E-state index in [-0.39, 0.29) is 36.2 Å². The molecule has 2 amide bonds. The maximum atomic E-state index is 14.8. The average molecular weight is 790 g/mol. The summed E-state index contributed by atoms with van der Waals surface area (Å²) in [7, 11) is 0. The zero-order valence-electron chi connectivity index (χ0n) is 31.1. The van der Waals surface area contributed by atoms with E-state index in [4.69, 9.17) is 44.5 Å². The predicted molar refractivity (Wildman–Crippen MR) is 218 cm³/mol. The van der Waals surface area contributed by atoms with Crippen LogP contribution in [-0.4, -0.2) is 68.3 Å². The molecule has 3 heterocycles. The van der Waals surface area contributed by atoms with Gasteiger partial charge in [-0.1, -0.05) is 90.1 Å². The zero-order chi connectivity index (χ0) is 38.1. The number of ether oxygens (including phenoxy) is 1. The third-order valence-electron chi connectivity index (χ3n) is 10.7. The summed E-state index contributed by atoms with van der Waals surface area (Å²) in [6.45, 7) is 9.34. The van der Waals surface area contributed by atoms with Crippen molar-refractivity contribution in [2.75, 3.05) is 13.1 Å². The Labute approximate surface area is 331 Å². The number of carbonyl (C=O) groups is 2. The minimum Gasteiger partial charge on any atom is -0.444 e. The fourth-order valence-electron chi connectivity index (χ4n) is 8.09. The monoisotopic (exact) mass is 788 g/mol. The number of aromatic nitrogens is 3. The number of imidazole rings is 1. The van der Waals surface area contributed by atoms with Crippen LogP contribution in [0.5, 0.6) is 0 Å². The molecule has 7 rings (SSSR count). The molecule has 1 saturated heterocycles. The second-order valence-electron chi connectivity index (χ2n) is 15.5. The third-order valence-corrected chi connectivity index (χ3v) is 11.5. The SMILES string of the molecule is CC(c1ccc(Cl)cc1Cl)n1cnc(-c2ccccc2)c1-c1c(C(=O)N[C@H]2CCCCC2N2CCC(NC(=O)OC(C)(C)C)CC2)[nH]c2cc(Cl)ccc12. The minimum atomic E-state index is -0.541. The molecule has 54 heavy (non-hydrogen) atoms. The van der Waals surface area contributed by atoms with E-state index in [2.05, 4.69) is 32.0 Å². The molecule has 2 fully saturated rings. The first-order valence-electron chi connectivity index (χ1n) is 18.8. The Morgan fingerprint density at radius 3 is 2.33 bits per heavy atom. The Bertz CT molecular complexity index is 2130. The highest BCUT2D eigenvalue weighted by atomic mass is 35.5. The molecule has 5 aromatic rings. The number of benzene rings is 3. The van der Waals surface area contributed by atoms with Gasteiger partial charge in [-0.05, 0) is 83.2 Å². The number of H-pyrrole nitrogens is 1. The molecule has 3 atom stereocenters. The number of aromatic amines is 1. The van der Waals surface area contributed by atoms with Crippen LogP contribution >= 0.6 is 34.8 Å². The number of nitrogens with zero attached hydrogens (tertiary/aromatic N) is 3. The second kappa shape index (κ2) is 16.0. The van der Waals surface area contributed by atoms with Gasteiger partial charge in [0.2, 0.25) is 0 Å². The Morgan fingerprint density at radius 1 is 0.907 bits per heavy atom. The fraction of sp³-hybridized carbons (Fsp3) is 0.405. The standard InChI is InChI=1S/C42H47Cl3N6O3/c1-25(30-16-14-27(43)22-32(30)45)51-24-46-37(26-10-6-5-7-11-26)39(51)36-31-17-15-28(44)23-34(31)48-38(36)40(52)49-33-12-8-9-13-35(33)50-20-18-29(19-21-50)47-41(53)54-42(2,3)4/h5-7,10-11,14-17,22-25,29,33,35,48H,8-9,12-13,18-21H2,1-4H3,(H,47,53)(H,49,52)/t25?,33-,35?/m0/s1. The lowest BCUT2D eigenvalue weighted by Gasteiger charge is -2.43. The normalized spacial score (nSPS) is 19.1. The van der Waals surface area contributed by atoms with Crippen molar-refractivity contribution < 1.29 is 14.3 Å². The van der Waals surface area contributed by atoms with Gasteiger partial charge in [-0.3, -0.25) is 9.69 Å². The highest BCUT2D eigenvalue weighted by molar-refractivity contribution is 6.35. The summed E-state index contributed by atoms with van der Waals surface area (Å²) in [4.78, 5) is 38.2. The maximum absolute atomic E-state index is 14.8. The van der Waals surface area contributed by atoms with Crippen LogP contribution in [0.4, 0.5) is 4.79 Å². The third kappa shape index (κ3) is 8.30. The van der Waals surface area contributed by atoms with Crippen molar-refractivity contribution in [3.63, 3.8) is 0 Å². The van der Waals surface area contributed by atoms with E-state index < -0.39 is 5.60 Å². The van der Waals surface area contributed by atoms with Crippen LogP contribution in [-0.2, 0) is 4.74 Å². The van der Waals surface area contributed by atoms with Gasteiger partial charge in [-0.2, -0.15) is 0 Å². The van der Waals surface area contributed by atoms with Crippen LogP contribution in [0.2, 0.25) is 15.1 Å². The van der Waals surface area contributed by atoms with Crippen molar-refractivity contribution in [3.8, 4) is 22.5 Å². The lowest BCUT2D eigenvalue weighted by atomic mass is 9.87. The first-order valence-corrected chi connectivity index (χ1v) is 19.9. The molecular weight excluding hydrogens is 743 g/mol. The van der Waals surface area contributed by atoms with Gasteiger partial charge < -0.3 is 24.9 Å². The van der Waals surface area contributed by atoms with Crippen molar-refractivity contribution >= 4 is 57.7 Å². The number of nitrogens with one attached hydrogen (secondary N) is 3. The van der Waals surface area contributed by atoms with Gasteiger partial charge >= 0.3 is 6.09 Å². The molecule has 2 unspecified atom stereocenters. The molecular formula is C42H47Cl3N6O3. The molecule has 0 radical (unpaired) electrons. The van der Waals surface area contributed by atoms with E-state index in [1.165, 1.54) is 0 Å². The van der Waals surface area contributed by atoms with Gasteiger partial charge in [-0.25, -0.2) is 9.78 Å². The first kappa shape index (κ1) is 38.3. The van der Waals surface area contributed by atoms with E-state index in [0.717, 1.165) is 90.6 Å². The molecule has 1 aliphatic heterocycles. The molecule has 284 valence electrons. The van der Waals surface area contributed by atoms with Gasteiger partial charge in [0, 0.05) is 68.3 Å². The number of likely N-dealkylation sites (tertiary alicyclic amines) is 1. The molecule has 3 aromatic carbocycles. The van der Waals surface area contributed by atoms with E-state index in [1.54, 1.807) is 6.07 Å². The average Bonchev–Trinajstić information content (AvgIpc) is 3.73. The Hall–Kier alpha value is -4.02. The smallest absolute Gasteiger partial charge is 0.407 e. The zero-order valence-corrected chi connectivity index (χ0v) is 33.4. The number of fused-ring (bicyclic) bond motifs is 1. The Balaban J connectivity index is 1.22. The maximum Gasteiger partial charge on any atom is 0.407 e. The summed E-state index contributed by atoms with van der Waals surface area (Å²) < 4.78 is 7.59. The topological polar surface area (TPSA) is 104 Å². The molecule has 9 nitrogen and oxygen atoms in total. The number of hydrogen-bond acceptors (Lipinski definition) is 5. The number of hydrogen-bond donors (Lipinski definition) is 3. The van der Waals surface area contributed by atoms with E-state index in [9.17, 15) is 9.59 Å². The highest BCUT2D eigenvalue weighted by Crippen LogP contribution is 2.42. The number of rotatable bonds is 8. The summed E-state index contributed by atoms with van der Waals surface area (Å²) in [6, 6.07) is 21.1. The van der Waals surface area contributed by atoms with Crippen LogP contribution in [0.25, 0.3) is 33.4 Å². The summed E-state index contributed by atoms with van der Waals surface area (Å²) in [5, 5.41) is 9.07. The number of halogens is 3. The van der Waals surface area contributed by atoms with E-state index in [1.807, 2.05) is 87.8 Å². The highest BCUT2D eigenvalue weighted by Gasteiger charge is 2.36. The second-order valence-corrected chi connectivity index (χ2v) is 16.8. The van der Waals surface area contributed by atoms with Gasteiger partial charge in [0.25, 0.3) is 5.91 Å². The lowest BCUT2D eigenvalue weighted by Crippen LogP contribution is -2.56. The molecule has 12 heteroatoms. The number of piperidine rings is 1. The van der Waals surface area contributed by atoms with Crippen LogP contribution in [0, 0.1) is 0 Å². The van der Waals surface area contributed by atoms with Crippen LogP contribution in [0.15, 0.2) is 73.1 Å². The van der Waals surface area contributed by atoms with E-state index in [0.29, 0.717) is 20.8 Å². The van der Waals surface area contributed by atoms with Crippen LogP contribution in [0.3, 0.4) is 0 Å². The van der Waals surface area contributed by atoms with Crippen molar-refractivity contribution in [2.45, 2.75) is 96.0 Å². The molecule has 1 saturated carbocycles. The quantitative estimate of drug-likeness (QED) is 0.145. The van der Waals surface area contributed by atoms with Crippen molar-refractivity contribution in [1.29, 1.82) is 0 Å². The predicted octanol–water partition coefficient (Wildman–Crippen LogP) is 10.3. The minimum absolute atomic E-state index is 0.0465. The number of carbonyl (C=O) groups excluding carboxylic acids is 2. The van der Waals surface area contributed by atoms with Crippen LogP contribution < -0.4 is 10.6 Å². The van der Waals surface area contributed by atoms with Crippen molar-refractivity contribution in [2.24, 2.45) is 0 Å². The van der Waals surface area contributed by atoms with Crippen LogP contribution in [0.1, 0.15) is 88.3 Å². The molecule has 3 N–H and O–H groups in total. The van der Waals surface area contributed by atoms with Crippen molar-refractivity contribution in [1.82, 2.24) is 30.1 Å². The largest absolute Gasteiger partial charge is 0.444 e. The summed E-state index contributed by atoms with van der Waals surface area (Å²) >= 11 is 19.6. The first-order chi connectivity index (χ1) is 25.9. The molecule has 2 aromatic heterocycles. The van der Waals surface area contributed by atoms with Gasteiger partial charge in [0.15, 0.2) is 0 Å². The summed E-state index contributed by atoms with van der Waals surface area (Å²) in [5.41, 5.74) is 4.75. The lowest BCUT2D eigenvalue weighted by molar-refractivity contribution is 0.0439. The van der Waals surface area contributed by atoms with Gasteiger partial charge in [0.05, 0.1) is 23.8 Å². The Morgan fingerprint density at radius 2 is 1.61 bits per heavy atom. The summed E-state index contributed by atoms with van der Waals surface area (Å²) in [6.07, 6.45) is 7.12. The van der Waals surface area contributed by atoms with Gasteiger partial charge in [-0.15, -0.1) is 0 Å². The number of alkyl carbamates (subject to hydrolysis) is 1. The fourth-order valence-corrected chi connectivity index (χ4v) is 8.83. The Kier molecular flexibility index (Phi) is 11.3. The molecule has 0 bridgehead atoms. The number of amides is 2.